The second kappa shape index (κ2) is 12.1. The minimum Gasteiger partial charge on any atom is -0.494 e. The zero-order chi connectivity index (χ0) is 27.1. The standard InChI is InChI=1S/C29H33N3O5S/c1-3-37-26-14-16-27(17-15-26)38(35,36)32(25-12-10-22(2)11-13-25)21-28(33)30-19-23-7-4-5-8-24(23)20-31-18-6-9-29(31)34/h4-5,7-8,10-17H,3,6,9,18-21H2,1-2H3,(H,30,33). The van der Waals surface area contributed by atoms with Crippen molar-refractivity contribution in [3.05, 3.63) is 89.5 Å². The van der Waals surface area contributed by atoms with Gasteiger partial charge in [-0.25, -0.2) is 8.42 Å². The van der Waals surface area contributed by atoms with E-state index in [4.69, 9.17) is 4.74 Å². The second-order valence-corrected chi connectivity index (χ2v) is 11.1. The SMILES string of the molecule is CCOc1ccc(S(=O)(=O)N(CC(=O)NCc2ccccc2CN2CCCC2=O)c2ccc(C)cc2)cc1. The van der Waals surface area contributed by atoms with Crippen molar-refractivity contribution >= 4 is 27.5 Å². The van der Waals surface area contributed by atoms with Gasteiger partial charge in [0.05, 0.1) is 17.2 Å². The maximum absolute atomic E-state index is 13.6. The minimum atomic E-state index is -4.03. The molecule has 1 aliphatic rings. The van der Waals surface area contributed by atoms with Gasteiger partial charge in [-0.2, -0.15) is 0 Å². The van der Waals surface area contributed by atoms with Crippen LogP contribution in [0.25, 0.3) is 0 Å². The highest BCUT2D eigenvalue weighted by Gasteiger charge is 2.27. The maximum atomic E-state index is 13.6. The van der Waals surface area contributed by atoms with Crippen LogP contribution in [0.4, 0.5) is 5.69 Å². The van der Waals surface area contributed by atoms with E-state index in [1.54, 1.807) is 24.3 Å². The molecule has 0 unspecified atom stereocenters. The Hall–Kier alpha value is -3.85. The lowest BCUT2D eigenvalue weighted by molar-refractivity contribution is -0.128. The molecule has 2 amide bonds. The number of aryl methyl sites for hydroxylation is 1. The van der Waals surface area contributed by atoms with E-state index >= 15 is 0 Å². The Morgan fingerprint density at radius 3 is 2.32 bits per heavy atom. The summed E-state index contributed by atoms with van der Waals surface area (Å²) in [7, 11) is -4.03. The molecular formula is C29H33N3O5S. The summed E-state index contributed by atoms with van der Waals surface area (Å²) in [5.74, 6) is 0.268. The van der Waals surface area contributed by atoms with Crippen molar-refractivity contribution in [2.45, 2.75) is 44.7 Å². The predicted octanol–water partition coefficient (Wildman–Crippen LogP) is 4.03. The predicted molar refractivity (Wildman–Crippen MR) is 146 cm³/mol. The van der Waals surface area contributed by atoms with Gasteiger partial charge in [0.25, 0.3) is 10.0 Å². The molecule has 200 valence electrons. The number of hydrogen-bond acceptors (Lipinski definition) is 5. The molecule has 1 heterocycles. The van der Waals surface area contributed by atoms with Crippen molar-refractivity contribution in [3.63, 3.8) is 0 Å². The third-order valence-electron chi connectivity index (χ3n) is 6.46. The molecule has 0 atom stereocenters. The number of rotatable bonds is 11. The summed E-state index contributed by atoms with van der Waals surface area (Å²) in [6.45, 7) is 5.30. The highest BCUT2D eigenvalue weighted by atomic mass is 32.2. The number of carbonyl (C=O) groups is 2. The van der Waals surface area contributed by atoms with Gasteiger partial charge in [0.1, 0.15) is 12.3 Å². The first-order valence-electron chi connectivity index (χ1n) is 12.7. The van der Waals surface area contributed by atoms with E-state index in [0.29, 0.717) is 31.0 Å². The normalized spacial score (nSPS) is 13.4. The Kier molecular flexibility index (Phi) is 8.68. The van der Waals surface area contributed by atoms with Crippen LogP contribution in [0.5, 0.6) is 5.75 Å². The molecule has 9 heteroatoms. The van der Waals surface area contributed by atoms with E-state index in [1.165, 1.54) is 12.1 Å². The first-order chi connectivity index (χ1) is 18.3. The summed E-state index contributed by atoms with van der Waals surface area (Å²) in [6.07, 6.45) is 1.42. The van der Waals surface area contributed by atoms with Crippen LogP contribution in [0, 0.1) is 6.92 Å². The number of carbonyl (C=O) groups excluding carboxylic acids is 2. The first kappa shape index (κ1) is 27.2. The summed E-state index contributed by atoms with van der Waals surface area (Å²) in [6, 6.07) is 20.8. The molecule has 3 aromatic carbocycles. The molecule has 1 fully saturated rings. The number of nitrogens with zero attached hydrogens (tertiary/aromatic N) is 2. The fourth-order valence-corrected chi connectivity index (χ4v) is 5.79. The Bertz CT molecular complexity index is 1370. The minimum absolute atomic E-state index is 0.0648. The third-order valence-corrected chi connectivity index (χ3v) is 8.25. The Balaban J connectivity index is 1.51. The van der Waals surface area contributed by atoms with Gasteiger partial charge in [-0.3, -0.25) is 13.9 Å². The average Bonchev–Trinajstić information content (AvgIpc) is 3.32. The van der Waals surface area contributed by atoms with Crippen LogP contribution in [0.2, 0.25) is 0 Å². The van der Waals surface area contributed by atoms with Gasteiger partial charge in [-0.05, 0) is 67.8 Å². The van der Waals surface area contributed by atoms with Crippen LogP contribution in [-0.2, 0) is 32.7 Å². The van der Waals surface area contributed by atoms with Gasteiger partial charge in [0, 0.05) is 26.1 Å². The molecule has 0 aromatic heterocycles. The van der Waals surface area contributed by atoms with Crippen molar-refractivity contribution in [2.75, 3.05) is 24.0 Å². The summed E-state index contributed by atoms with van der Waals surface area (Å²) in [4.78, 5) is 27.1. The number of benzene rings is 3. The first-order valence-corrected chi connectivity index (χ1v) is 14.2. The number of likely N-dealkylation sites (tertiary alicyclic amines) is 1. The highest BCUT2D eigenvalue weighted by Crippen LogP contribution is 2.26. The number of amides is 2. The lowest BCUT2D eigenvalue weighted by Crippen LogP contribution is -2.40. The van der Waals surface area contributed by atoms with Crippen molar-refractivity contribution < 1.29 is 22.7 Å². The van der Waals surface area contributed by atoms with Gasteiger partial charge in [0.15, 0.2) is 0 Å². The zero-order valence-electron chi connectivity index (χ0n) is 21.7. The van der Waals surface area contributed by atoms with E-state index in [1.807, 2.05) is 55.1 Å². The summed E-state index contributed by atoms with van der Waals surface area (Å²) in [5, 5.41) is 2.87. The van der Waals surface area contributed by atoms with Gasteiger partial charge < -0.3 is 15.0 Å². The number of nitrogens with one attached hydrogen (secondary N) is 1. The summed E-state index contributed by atoms with van der Waals surface area (Å²) in [5.41, 5.74) is 3.22. The largest absolute Gasteiger partial charge is 0.494 e. The molecule has 38 heavy (non-hydrogen) atoms. The fraction of sp³-hybridized carbons (Fsp3) is 0.310. The molecule has 1 N–H and O–H groups in total. The summed E-state index contributed by atoms with van der Waals surface area (Å²) < 4.78 is 33.8. The number of anilines is 1. The molecular weight excluding hydrogens is 502 g/mol. The molecule has 3 aromatic rings. The molecule has 4 rings (SSSR count). The average molecular weight is 536 g/mol. The monoisotopic (exact) mass is 535 g/mol. The molecule has 8 nitrogen and oxygen atoms in total. The van der Waals surface area contributed by atoms with Crippen molar-refractivity contribution in [2.24, 2.45) is 0 Å². The van der Waals surface area contributed by atoms with Crippen LogP contribution < -0.4 is 14.4 Å². The Morgan fingerprint density at radius 2 is 1.68 bits per heavy atom. The Labute approximate surface area is 224 Å². The second-order valence-electron chi connectivity index (χ2n) is 9.22. The van der Waals surface area contributed by atoms with Crippen LogP contribution in [-0.4, -0.2) is 44.8 Å². The van der Waals surface area contributed by atoms with Gasteiger partial charge >= 0.3 is 0 Å². The molecule has 0 aliphatic carbocycles. The van der Waals surface area contributed by atoms with E-state index < -0.39 is 15.9 Å². The van der Waals surface area contributed by atoms with Crippen LogP contribution in [0.1, 0.15) is 36.5 Å². The molecule has 1 aliphatic heterocycles. The highest BCUT2D eigenvalue weighted by molar-refractivity contribution is 7.92. The van der Waals surface area contributed by atoms with Gasteiger partial charge in [0.2, 0.25) is 11.8 Å². The van der Waals surface area contributed by atoms with Crippen LogP contribution >= 0.6 is 0 Å². The molecule has 1 saturated heterocycles. The van der Waals surface area contributed by atoms with Gasteiger partial charge in [-0.1, -0.05) is 42.0 Å². The molecule has 0 spiro atoms. The number of sulfonamides is 1. The van der Waals surface area contributed by atoms with Crippen molar-refractivity contribution in [1.29, 1.82) is 0 Å². The number of hydrogen-bond donors (Lipinski definition) is 1. The fourth-order valence-electron chi connectivity index (χ4n) is 4.37. The van der Waals surface area contributed by atoms with Gasteiger partial charge in [-0.15, -0.1) is 0 Å². The van der Waals surface area contributed by atoms with Crippen LogP contribution in [0.3, 0.4) is 0 Å². The van der Waals surface area contributed by atoms with Crippen molar-refractivity contribution in [1.82, 2.24) is 10.2 Å². The van der Waals surface area contributed by atoms with E-state index in [9.17, 15) is 18.0 Å². The van der Waals surface area contributed by atoms with Crippen molar-refractivity contribution in [3.8, 4) is 5.75 Å². The third kappa shape index (κ3) is 6.52. The number of ether oxygens (including phenoxy) is 1. The van der Waals surface area contributed by atoms with E-state index in [2.05, 4.69) is 5.32 Å². The Morgan fingerprint density at radius 1 is 1.00 bits per heavy atom. The van der Waals surface area contributed by atoms with E-state index in [0.717, 1.165) is 34.0 Å². The topological polar surface area (TPSA) is 96.0 Å². The summed E-state index contributed by atoms with van der Waals surface area (Å²) >= 11 is 0. The van der Waals surface area contributed by atoms with Crippen LogP contribution in [0.15, 0.2) is 77.7 Å². The maximum Gasteiger partial charge on any atom is 0.264 e. The molecule has 0 radical (unpaired) electrons. The lowest BCUT2D eigenvalue weighted by atomic mass is 10.1. The lowest BCUT2D eigenvalue weighted by Gasteiger charge is -2.24. The molecule has 0 saturated carbocycles. The zero-order valence-corrected chi connectivity index (χ0v) is 22.5. The molecule has 0 bridgehead atoms. The quantitative estimate of drug-likeness (QED) is 0.400. The smallest absolute Gasteiger partial charge is 0.264 e. The van der Waals surface area contributed by atoms with E-state index in [-0.39, 0.29) is 23.9 Å².